The van der Waals surface area contributed by atoms with Crippen LogP contribution in [0.15, 0.2) is 44.8 Å². The van der Waals surface area contributed by atoms with Crippen LogP contribution in [0.2, 0.25) is 0 Å². The lowest BCUT2D eigenvalue weighted by Gasteiger charge is -1.95. The molecule has 0 fully saturated rings. The molecule has 0 amide bonds. The highest BCUT2D eigenvalue weighted by Crippen LogP contribution is 2.19. The van der Waals surface area contributed by atoms with Crippen molar-refractivity contribution in [2.45, 2.75) is 18.6 Å². The van der Waals surface area contributed by atoms with Crippen molar-refractivity contribution in [1.29, 1.82) is 0 Å². The van der Waals surface area contributed by atoms with Gasteiger partial charge in [-0.2, -0.15) is 0 Å². The summed E-state index contributed by atoms with van der Waals surface area (Å²) in [7, 11) is 0. The Labute approximate surface area is 125 Å². The Morgan fingerprint density at radius 3 is 2.76 bits per heavy atom. The molecule has 2 aromatic heterocycles. The summed E-state index contributed by atoms with van der Waals surface area (Å²) in [5.41, 5.74) is 2.66. The summed E-state index contributed by atoms with van der Waals surface area (Å²) in [5, 5.41) is 8.76. The van der Waals surface area contributed by atoms with Crippen LogP contribution in [0.25, 0.3) is 11.3 Å². The summed E-state index contributed by atoms with van der Waals surface area (Å²) in [4.78, 5) is 14.3. The number of H-pyrrole nitrogens is 1. The molecule has 7 heteroatoms. The molecule has 3 rings (SSSR count). The van der Waals surface area contributed by atoms with Gasteiger partial charge in [0.2, 0.25) is 0 Å². The molecule has 0 spiro atoms. The highest BCUT2D eigenvalue weighted by atomic mass is 32.2. The first-order valence-electron chi connectivity index (χ1n) is 6.39. The van der Waals surface area contributed by atoms with Gasteiger partial charge in [-0.1, -0.05) is 46.7 Å². The normalized spacial score (nSPS) is 11.0. The van der Waals surface area contributed by atoms with Gasteiger partial charge in [0.15, 0.2) is 10.9 Å². The minimum absolute atomic E-state index is 0.257. The number of hydrogen-bond donors (Lipinski definition) is 1. The first kappa shape index (κ1) is 13.7. The quantitative estimate of drug-likeness (QED) is 0.748. The number of nitrogens with one attached hydrogen (secondary N) is 1. The van der Waals surface area contributed by atoms with Crippen LogP contribution in [-0.4, -0.2) is 26.2 Å². The monoisotopic (exact) mass is 302 g/mol. The number of hydrogen-bond acceptors (Lipinski definition) is 5. The highest BCUT2D eigenvalue weighted by molar-refractivity contribution is 7.98. The van der Waals surface area contributed by atoms with E-state index in [1.165, 1.54) is 22.0 Å². The largest absolute Gasteiger partial charge is 0.359 e. The molecule has 1 aromatic carbocycles. The van der Waals surface area contributed by atoms with Gasteiger partial charge in [0, 0.05) is 11.6 Å². The van der Waals surface area contributed by atoms with Gasteiger partial charge in [0.05, 0.1) is 0 Å². The number of aromatic nitrogens is 4. The fourth-order valence-electron chi connectivity index (χ4n) is 1.93. The zero-order valence-corrected chi connectivity index (χ0v) is 12.5. The lowest BCUT2D eigenvalue weighted by Crippen LogP contribution is -2.18. The lowest BCUT2D eigenvalue weighted by molar-refractivity contribution is 0.370. The maximum absolute atomic E-state index is 11.7. The summed E-state index contributed by atoms with van der Waals surface area (Å²) < 4.78 is 6.61. The summed E-state index contributed by atoms with van der Waals surface area (Å²) in [5.74, 6) is 0.590. The predicted molar refractivity (Wildman–Crippen MR) is 80.4 cm³/mol. The van der Waals surface area contributed by atoms with Gasteiger partial charge in [-0.05, 0) is 13.2 Å². The van der Waals surface area contributed by atoms with E-state index < -0.39 is 0 Å². The molecular formula is C14H14N4O2S. The summed E-state index contributed by atoms with van der Waals surface area (Å²) in [6, 6.07) is 9.84. The first-order valence-corrected chi connectivity index (χ1v) is 7.62. The molecule has 0 aliphatic carbocycles. The third-order valence-electron chi connectivity index (χ3n) is 3.07. The molecule has 0 bridgehead atoms. The van der Waals surface area contributed by atoms with Crippen molar-refractivity contribution in [2.75, 3.05) is 6.26 Å². The van der Waals surface area contributed by atoms with Gasteiger partial charge in [0.25, 0.3) is 0 Å². The molecule has 2 heterocycles. The molecule has 0 radical (unpaired) electrons. The van der Waals surface area contributed by atoms with Crippen molar-refractivity contribution in [3.8, 4) is 11.3 Å². The molecule has 0 aliphatic heterocycles. The first-order chi connectivity index (χ1) is 10.2. The average molecular weight is 302 g/mol. The van der Waals surface area contributed by atoms with Crippen molar-refractivity contribution < 1.29 is 4.52 Å². The zero-order chi connectivity index (χ0) is 14.8. The van der Waals surface area contributed by atoms with Gasteiger partial charge in [0.1, 0.15) is 12.2 Å². The molecule has 1 N–H and O–H groups in total. The Balaban J connectivity index is 1.83. The summed E-state index contributed by atoms with van der Waals surface area (Å²) in [6.07, 6.45) is 1.85. The van der Waals surface area contributed by atoms with E-state index >= 15 is 0 Å². The number of thioether (sulfide) groups is 1. The van der Waals surface area contributed by atoms with E-state index in [0.717, 1.165) is 11.3 Å². The Morgan fingerprint density at radius 2 is 2.10 bits per heavy atom. The molecule has 0 saturated heterocycles. The van der Waals surface area contributed by atoms with E-state index in [0.29, 0.717) is 10.9 Å². The second-order valence-corrected chi connectivity index (χ2v) is 5.44. The number of aryl methyl sites for hydroxylation is 1. The van der Waals surface area contributed by atoms with Crippen molar-refractivity contribution in [1.82, 2.24) is 19.9 Å². The van der Waals surface area contributed by atoms with Crippen LogP contribution in [0.3, 0.4) is 0 Å². The number of benzene rings is 1. The number of rotatable bonds is 4. The summed E-state index contributed by atoms with van der Waals surface area (Å²) in [6.45, 7) is 2.29. The Bertz CT molecular complexity index is 801. The van der Waals surface area contributed by atoms with Crippen molar-refractivity contribution >= 4 is 11.8 Å². The van der Waals surface area contributed by atoms with E-state index in [4.69, 9.17) is 4.52 Å². The van der Waals surface area contributed by atoms with Gasteiger partial charge in [-0.15, -0.1) is 5.10 Å². The summed E-state index contributed by atoms with van der Waals surface area (Å²) >= 11 is 1.38. The second kappa shape index (κ2) is 5.61. The van der Waals surface area contributed by atoms with Gasteiger partial charge in [-0.3, -0.25) is 4.98 Å². The van der Waals surface area contributed by atoms with Crippen LogP contribution in [0, 0.1) is 6.92 Å². The molecular weight excluding hydrogens is 288 g/mol. The van der Waals surface area contributed by atoms with Crippen LogP contribution in [0.1, 0.15) is 11.3 Å². The van der Waals surface area contributed by atoms with E-state index in [-0.39, 0.29) is 12.2 Å². The van der Waals surface area contributed by atoms with E-state index in [9.17, 15) is 4.79 Å². The molecule has 21 heavy (non-hydrogen) atoms. The lowest BCUT2D eigenvalue weighted by atomic mass is 10.1. The fraction of sp³-hybridized carbons (Fsp3) is 0.214. The van der Waals surface area contributed by atoms with Crippen LogP contribution >= 0.6 is 11.8 Å². The minimum atomic E-state index is -0.257. The molecule has 0 aliphatic rings. The maximum Gasteiger partial charge on any atom is 0.344 e. The van der Waals surface area contributed by atoms with E-state index in [1.807, 2.05) is 43.5 Å². The van der Waals surface area contributed by atoms with E-state index in [1.54, 1.807) is 0 Å². The number of aromatic amines is 1. The molecule has 0 unspecified atom stereocenters. The Hall–Kier alpha value is -2.28. The van der Waals surface area contributed by atoms with Gasteiger partial charge in [-0.25, -0.2) is 9.48 Å². The standard InChI is InChI=1S/C14H14N4O2S/c1-9-3-5-10(6-4-9)12-7-11(20-17-12)8-18-14(19)15-13(16-18)21-2/h3-7H,8H2,1-2H3,(H,15,16,19). The molecule has 0 saturated carbocycles. The van der Waals surface area contributed by atoms with Crippen molar-refractivity contribution in [3.05, 3.63) is 52.1 Å². The van der Waals surface area contributed by atoms with Crippen LogP contribution in [0.5, 0.6) is 0 Å². The SMILES string of the molecule is CSc1nn(Cc2cc(-c3ccc(C)cc3)no2)c(=O)[nH]1. The van der Waals surface area contributed by atoms with E-state index in [2.05, 4.69) is 15.2 Å². The Morgan fingerprint density at radius 1 is 1.33 bits per heavy atom. The molecule has 108 valence electrons. The van der Waals surface area contributed by atoms with Crippen molar-refractivity contribution in [3.63, 3.8) is 0 Å². The topological polar surface area (TPSA) is 76.7 Å². The molecule has 0 atom stereocenters. The van der Waals surface area contributed by atoms with Crippen LogP contribution in [-0.2, 0) is 6.54 Å². The van der Waals surface area contributed by atoms with Crippen LogP contribution < -0.4 is 5.69 Å². The molecule has 3 aromatic rings. The van der Waals surface area contributed by atoms with Crippen molar-refractivity contribution in [2.24, 2.45) is 0 Å². The third-order valence-corrected chi connectivity index (χ3v) is 3.64. The zero-order valence-electron chi connectivity index (χ0n) is 11.7. The fourth-order valence-corrected chi connectivity index (χ4v) is 2.30. The van der Waals surface area contributed by atoms with Gasteiger partial charge >= 0.3 is 5.69 Å². The maximum atomic E-state index is 11.7. The smallest absolute Gasteiger partial charge is 0.344 e. The predicted octanol–water partition coefficient (Wildman–Crippen LogP) is 2.31. The second-order valence-electron chi connectivity index (χ2n) is 4.64. The van der Waals surface area contributed by atoms with Gasteiger partial charge < -0.3 is 4.52 Å². The minimum Gasteiger partial charge on any atom is -0.359 e. The number of nitrogens with zero attached hydrogens (tertiary/aromatic N) is 3. The average Bonchev–Trinajstić information content (AvgIpc) is 3.08. The molecule has 6 nitrogen and oxygen atoms in total. The third kappa shape index (κ3) is 2.92. The van der Waals surface area contributed by atoms with Crippen LogP contribution in [0.4, 0.5) is 0 Å². The highest BCUT2D eigenvalue weighted by Gasteiger charge is 2.10. The Kier molecular flexibility index (Phi) is 3.66.